The Hall–Kier alpha value is -9.20. The summed E-state index contributed by atoms with van der Waals surface area (Å²) in [7, 11) is 0. The molecule has 0 amide bonds. The molecule has 3 heteroatoms. The van der Waals surface area contributed by atoms with Crippen LogP contribution in [0.2, 0.25) is 0 Å². The maximum atomic E-state index is 3.43. The number of allylic oxidation sites excluding steroid dienone is 3. The first-order valence-corrected chi connectivity index (χ1v) is 29.6. The molecule has 0 spiro atoms. The highest BCUT2D eigenvalue weighted by Crippen LogP contribution is 2.55. The van der Waals surface area contributed by atoms with Gasteiger partial charge in [0.1, 0.15) is 0 Å². The van der Waals surface area contributed by atoms with Crippen molar-refractivity contribution in [2.75, 3.05) is 9.80 Å². The van der Waals surface area contributed by atoms with Gasteiger partial charge in [-0.25, -0.2) is 0 Å². The molecule has 1 unspecified atom stereocenters. The first-order chi connectivity index (χ1) is 39.7. The predicted octanol–water partition coefficient (Wildman–Crippen LogP) is 21.4. The van der Waals surface area contributed by atoms with Crippen molar-refractivity contribution in [3.63, 3.8) is 0 Å². The Kier molecular flexibility index (Phi) is 9.89. The second-order valence-electron chi connectivity index (χ2n) is 24.1. The summed E-state index contributed by atoms with van der Waals surface area (Å²) < 4.78 is 2.60. The Labute approximate surface area is 476 Å². The van der Waals surface area contributed by atoms with Gasteiger partial charge >= 0.3 is 0 Å². The van der Waals surface area contributed by atoms with Crippen LogP contribution in [-0.2, 0) is 17.3 Å². The third-order valence-electron chi connectivity index (χ3n) is 19.0. The van der Waals surface area contributed by atoms with E-state index in [1.165, 1.54) is 141 Å². The summed E-state index contributed by atoms with van der Waals surface area (Å²) in [5.41, 5.74) is 19.4. The van der Waals surface area contributed by atoms with Gasteiger partial charge in [0.05, 0.1) is 6.04 Å². The molecule has 4 aliphatic carbocycles. The van der Waals surface area contributed by atoms with Crippen molar-refractivity contribution in [2.45, 2.75) is 63.8 Å². The monoisotopic (exact) mass is 1050 g/mol. The molecular formula is C78H56N2S. The lowest BCUT2D eigenvalue weighted by atomic mass is 9.79. The highest BCUT2D eigenvalue weighted by atomic mass is 32.1. The zero-order valence-corrected chi connectivity index (χ0v) is 46.7. The van der Waals surface area contributed by atoms with Gasteiger partial charge in [-0.05, 0) is 191 Å². The Morgan fingerprint density at radius 2 is 1.16 bits per heavy atom. The van der Waals surface area contributed by atoms with E-state index in [0.29, 0.717) is 0 Å². The molecule has 0 saturated carbocycles. The highest BCUT2D eigenvalue weighted by Gasteiger charge is 2.41. The van der Waals surface area contributed by atoms with Gasteiger partial charge in [-0.2, -0.15) is 0 Å². The van der Waals surface area contributed by atoms with Crippen LogP contribution in [0, 0.1) is 12.1 Å². The molecule has 1 atom stereocenters. The summed E-state index contributed by atoms with van der Waals surface area (Å²) in [5.74, 6) is 0. The van der Waals surface area contributed by atoms with Gasteiger partial charge in [-0.3, -0.25) is 0 Å². The lowest BCUT2D eigenvalue weighted by molar-refractivity contribution is 0.644. The minimum absolute atomic E-state index is 0.0881. The average Bonchev–Trinajstić information content (AvgIpc) is 4.15. The zero-order chi connectivity index (χ0) is 53.9. The van der Waals surface area contributed by atoms with Crippen LogP contribution in [0.25, 0.3) is 96.8 Å². The van der Waals surface area contributed by atoms with Gasteiger partial charge in [0.15, 0.2) is 0 Å². The molecule has 2 nitrogen and oxygen atoms in total. The number of aryl methyl sites for hydroxylation is 1. The lowest BCUT2D eigenvalue weighted by Gasteiger charge is -2.36. The summed E-state index contributed by atoms with van der Waals surface area (Å²) in [4.78, 5) is 5.12. The molecule has 1 heterocycles. The van der Waals surface area contributed by atoms with Crippen LogP contribution in [0.4, 0.5) is 28.4 Å². The molecule has 1 aromatic heterocycles. The highest BCUT2D eigenvalue weighted by molar-refractivity contribution is 7.27. The topological polar surface area (TPSA) is 6.48 Å². The van der Waals surface area contributed by atoms with Crippen LogP contribution in [-0.4, -0.2) is 6.04 Å². The zero-order valence-electron chi connectivity index (χ0n) is 45.9. The standard InChI is InChI=1S/C78H56N2S/c1-77(2)70-23-13-11-20-62(70)64-37-31-54(44-72(64)77)79(51-29-35-59-49(41-51)27-25-47-15-5-7-17-57(47)59)53-33-39-67-69(43-53)61-19-9-10-22-66(61)75-68-40-34-56(46-74(68)81-76(67)75)80(52-30-36-60-50(42-52)28-26-48-16-6-8-18-58(48)60)55-32-38-65-63-21-12-14-24-71(63)78(3,4)73(65)45-55/h5,8-15,18-30,32-46,54H,6,16,31H2,1-4H3. The number of benzene rings is 11. The van der Waals surface area contributed by atoms with E-state index >= 15 is 0 Å². The van der Waals surface area contributed by atoms with Gasteiger partial charge < -0.3 is 9.80 Å². The summed E-state index contributed by atoms with van der Waals surface area (Å²) in [6.45, 7) is 9.57. The second-order valence-corrected chi connectivity index (χ2v) is 25.1. The number of anilines is 5. The average molecular weight is 1050 g/mol. The third kappa shape index (κ3) is 6.81. The van der Waals surface area contributed by atoms with E-state index in [1.54, 1.807) is 0 Å². The largest absolute Gasteiger partial charge is 0.334 e. The fraction of sp³-hybridized carbons (Fsp3) is 0.128. The van der Waals surface area contributed by atoms with E-state index in [-0.39, 0.29) is 16.9 Å². The van der Waals surface area contributed by atoms with Gasteiger partial charge in [-0.15, -0.1) is 11.3 Å². The van der Waals surface area contributed by atoms with E-state index in [9.17, 15) is 0 Å². The Morgan fingerprint density at radius 3 is 2.04 bits per heavy atom. The van der Waals surface area contributed by atoms with Crippen molar-refractivity contribution in [1.82, 2.24) is 0 Å². The van der Waals surface area contributed by atoms with Crippen LogP contribution < -0.4 is 9.80 Å². The normalized spacial score (nSPS) is 16.3. The van der Waals surface area contributed by atoms with Gasteiger partial charge in [0, 0.05) is 70.2 Å². The maximum Gasteiger partial charge on any atom is 0.0563 e. The molecule has 12 aromatic carbocycles. The molecule has 81 heavy (non-hydrogen) atoms. The van der Waals surface area contributed by atoms with Crippen molar-refractivity contribution in [3.05, 3.63) is 270 Å². The third-order valence-corrected chi connectivity index (χ3v) is 20.2. The molecule has 0 radical (unpaired) electrons. The fourth-order valence-corrected chi connectivity index (χ4v) is 16.3. The smallest absolute Gasteiger partial charge is 0.0563 e. The molecule has 4 aliphatic rings. The lowest BCUT2D eigenvalue weighted by Crippen LogP contribution is -2.32. The molecule has 0 aliphatic heterocycles. The summed E-state index contributed by atoms with van der Waals surface area (Å²) in [6.07, 6.45) is 12.9. The molecule has 17 rings (SSSR count). The molecule has 0 fully saturated rings. The minimum Gasteiger partial charge on any atom is -0.334 e. The minimum atomic E-state index is -0.132. The molecule has 13 aromatic rings. The first kappa shape index (κ1) is 46.7. The van der Waals surface area contributed by atoms with Crippen molar-refractivity contribution in [1.29, 1.82) is 0 Å². The quantitative estimate of drug-likeness (QED) is 0.153. The Balaban J connectivity index is 0.839. The van der Waals surface area contributed by atoms with Crippen LogP contribution in [0.15, 0.2) is 224 Å². The fourth-order valence-electron chi connectivity index (χ4n) is 15.0. The van der Waals surface area contributed by atoms with E-state index < -0.39 is 0 Å². The van der Waals surface area contributed by atoms with Crippen molar-refractivity contribution < 1.29 is 0 Å². The maximum absolute atomic E-state index is 3.43. The number of thiophene rings is 1. The van der Waals surface area contributed by atoms with Crippen molar-refractivity contribution >= 4 is 125 Å². The van der Waals surface area contributed by atoms with E-state index in [1.807, 2.05) is 17.4 Å². The second kappa shape index (κ2) is 17.2. The molecular weight excluding hydrogens is 997 g/mol. The van der Waals surface area contributed by atoms with Crippen LogP contribution >= 0.6 is 11.3 Å². The molecule has 0 bridgehead atoms. The number of hydrogen-bond donors (Lipinski definition) is 0. The Morgan fingerprint density at radius 1 is 0.506 bits per heavy atom. The number of nitrogens with zero attached hydrogens (tertiary/aromatic N) is 2. The van der Waals surface area contributed by atoms with Crippen LogP contribution in [0.3, 0.4) is 0 Å². The number of rotatable bonds is 6. The van der Waals surface area contributed by atoms with E-state index in [0.717, 1.165) is 36.0 Å². The predicted molar refractivity (Wildman–Crippen MR) is 347 cm³/mol. The first-order valence-electron chi connectivity index (χ1n) is 28.8. The van der Waals surface area contributed by atoms with E-state index in [4.69, 9.17) is 0 Å². The molecule has 0 saturated heterocycles. The van der Waals surface area contributed by atoms with E-state index in [2.05, 4.69) is 268 Å². The molecule has 384 valence electrons. The van der Waals surface area contributed by atoms with Crippen molar-refractivity contribution in [3.8, 4) is 11.1 Å². The van der Waals surface area contributed by atoms with Crippen LogP contribution in [0.1, 0.15) is 73.9 Å². The molecule has 0 N–H and O–H groups in total. The Bertz CT molecular complexity index is 5000. The van der Waals surface area contributed by atoms with Crippen LogP contribution in [0.5, 0.6) is 0 Å². The summed E-state index contributed by atoms with van der Waals surface area (Å²) in [5, 5.41) is 15.0. The van der Waals surface area contributed by atoms with Gasteiger partial charge in [0.2, 0.25) is 0 Å². The SMILES string of the molecule is CC1(C)C2=CC(N(c3ccc4c(ccc5ccc#cc54)c3)c3ccc4c(c3)c3ccccc3c3c5ccc(N(c6ccc7c(c6)C(C)(C)c6ccccc6-7)c6ccc7c8c(ccc7c6)CCC=C8)cc5sc43)CC=C2c2ccccc21. The summed E-state index contributed by atoms with van der Waals surface area (Å²) >= 11 is 1.93. The number of fused-ring (bicyclic) bond motifs is 20. The van der Waals surface area contributed by atoms with Gasteiger partial charge in [0.25, 0.3) is 0 Å². The van der Waals surface area contributed by atoms with Crippen molar-refractivity contribution in [2.24, 2.45) is 0 Å². The van der Waals surface area contributed by atoms with Gasteiger partial charge in [-0.1, -0.05) is 192 Å². The number of hydrogen-bond acceptors (Lipinski definition) is 3. The summed E-state index contributed by atoms with van der Waals surface area (Å²) in [6, 6.07) is 83.0.